The lowest BCUT2D eigenvalue weighted by Gasteiger charge is -2.28. The maximum absolute atomic E-state index is 3.71. The molecule has 0 bridgehead atoms. The van der Waals surface area contributed by atoms with Gasteiger partial charge in [0, 0.05) is 10.5 Å². The van der Waals surface area contributed by atoms with Gasteiger partial charge >= 0.3 is 0 Å². The maximum atomic E-state index is 3.71. The third kappa shape index (κ3) is 3.36. The Morgan fingerprint density at radius 1 is 1.33 bits per heavy atom. The summed E-state index contributed by atoms with van der Waals surface area (Å²) in [6.07, 6.45) is 5.35. The zero-order valence-electron chi connectivity index (χ0n) is 11.5. The molecule has 0 heterocycles. The fourth-order valence-electron chi connectivity index (χ4n) is 3.31. The quantitative estimate of drug-likeness (QED) is 0.849. The summed E-state index contributed by atoms with van der Waals surface area (Å²) in [7, 11) is 0. The second-order valence-corrected chi connectivity index (χ2v) is 6.39. The second kappa shape index (κ2) is 6.72. The van der Waals surface area contributed by atoms with Crippen LogP contribution in [0.4, 0.5) is 0 Å². The van der Waals surface area contributed by atoms with Crippen molar-refractivity contribution in [2.45, 2.75) is 45.6 Å². The summed E-state index contributed by atoms with van der Waals surface area (Å²) >= 11 is 3.67. The predicted molar refractivity (Wildman–Crippen MR) is 81.8 cm³/mol. The number of nitrogens with one attached hydrogen (secondary N) is 1. The first kappa shape index (κ1) is 14.1. The zero-order chi connectivity index (χ0) is 13.0. The number of halogens is 1. The molecule has 0 aromatic heterocycles. The van der Waals surface area contributed by atoms with Gasteiger partial charge in [0.25, 0.3) is 0 Å². The summed E-state index contributed by atoms with van der Waals surface area (Å²) in [5, 5.41) is 3.71. The summed E-state index contributed by atoms with van der Waals surface area (Å²) in [5.74, 6) is 1.72. The van der Waals surface area contributed by atoms with Crippen LogP contribution in [0.25, 0.3) is 0 Å². The van der Waals surface area contributed by atoms with Crippen LogP contribution >= 0.6 is 15.9 Å². The molecular weight excluding hydrogens is 286 g/mol. The molecule has 0 radical (unpaired) electrons. The van der Waals surface area contributed by atoms with Crippen LogP contribution in [0.3, 0.4) is 0 Å². The molecule has 1 aliphatic carbocycles. The summed E-state index contributed by atoms with van der Waals surface area (Å²) < 4.78 is 1.25. The van der Waals surface area contributed by atoms with Gasteiger partial charge in [-0.25, -0.2) is 0 Å². The molecule has 0 aliphatic heterocycles. The molecule has 1 aromatic rings. The maximum Gasteiger partial charge on any atom is 0.0207 e. The average Bonchev–Trinajstić information content (AvgIpc) is 2.78. The lowest BCUT2D eigenvalue weighted by molar-refractivity contribution is 0.298. The van der Waals surface area contributed by atoms with Crippen LogP contribution in [0.15, 0.2) is 28.7 Å². The number of rotatable bonds is 5. The standard InChI is InChI=1S/C16H24BrN/c1-3-18-16(14-9-6-7-12(14)2)11-13-8-4-5-10-15(13)17/h4-5,8,10,12,14,16,18H,3,6-7,9,11H2,1-2H3. The minimum atomic E-state index is 0.631. The van der Waals surface area contributed by atoms with E-state index in [0.717, 1.165) is 24.8 Å². The molecular formula is C16H24BrN. The van der Waals surface area contributed by atoms with Crippen LogP contribution in [-0.2, 0) is 6.42 Å². The van der Waals surface area contributed by atoms with Crippen molar-refractivity contribution in [3.8, 4) is 0 Å². The van der Waals surface area contributed by atoms with E-state index in [-0.39, 0.29) is 0 Å². The van der Waals surface area contributed by atoms with Gasteiger partial charge < -0.3 is 5.32 Å². The second-order valence-electron chi connectivity index (χ2n) is 5.53. The third-order valence-electron chi connectivity index (χ3n) is 4.31. The molecule has 3 atom stereocenters. The van der Waals surface area contributed by atoms with Crippen molar-refractivity contribution in [1.82, 2.24) is 5.32 Å². The Hall–Kier alpha value is -0.340. The van der Waals surface area contributed by atoms with E-state index in [4.69, 9.17) is 0 Å². The smallest absolute Gasteiger partial charge is 0.0207 e. The van der Waals surface area contributed by atoms with E-state index in [2.05, 4.69) is 59.4 Å². The van der Waals surface area contributed by atoms with Gasteiger partial charge in [-0.1, -0.05) is 60.8 Å². The van der Waals surface area contributed by atoms with E-state index < -0.39 is 0 Å². The first-order valence-corrected chi connectivity index (χ1v) is 7.98. The molecule has 1 fully saturated rings. The Morgan fingerprint density at radius 3 is 2.72 bits per heavy atom. The monoisotopic (exact) mass is 309 g/mol. The van der Waals surface area contributed by atoms with Crippen molar-refractivity contribution in [3.05, 3.63) is 34.3 Å². The number of likely N-dealkylation sites (N-methyl/N-ethyl adjacent to an activating group) is 1. The van der Waals surface area contributed by atoms with Crippen LogP contribution in [-0.4, -0.2) is 12.6 Å². The molecule has 0 spiro atoms. The van der Waals surface area contributed by atoms with Crippen LogP contribution in [0.1, 0.15) is 38.7 Å². The van der Waals surface area contributed by atoms with Crippen LogP contribution in [0.5, 0.6) is 0 Å². The highest BCUT2D eigenvalue weighted by Gasteiger charge is 2.30. The normalized spacial score (nSPS) is 25.3. The predicted octanol–water partition coefficient (Wildman–Crippen LogP) is 4.41. The fraction of sp³-hybridized carbons (Fsp3) is 0.625. The molecule has 2 rings (SSSR count). The fourth-order valence-corrected chi connectivity index (χ4v) is 3.76. The average molecular weight is 310 g/mol. The molecule has 2 heteroatoms. The molecule has 0 amide bonds. The SMILES string of the molecule is CCNC(Cc1ccccc1Br)C1CCCC1C. The lowest BCUT2D eigenvalue weighted by Crippen LogP contribution is -2.39. The molecule has 1 aliphatic rings. The highest BCUT2D eigenvalue weighted by atomic mass is 79.9. The van der Waals surface area contributed by atoms with Crippen molar-refractivity contribution in [2.75, 3.05) is 6.54 Å². The van der Waals surface area contributed by atoms with Crippen molar-refractivity contribution in [2.24, 2.45) is 11.8 Å². The van der Waals surface area contributed by atoms with Gasteiger partial charge in [0.1, 0.15) is 0 Å². The molecule has 1 N–H and O–H groups in total. The summed E-state index contributed by atoms with van der Waals surface area (Å²) in [6.45, 7) is 5.70. The largest absolute Gasteiger partial charge is 0.314 e. The van der Waals surface area contributed by atoms with E-state index in [1.807, 2.05) is 0 Å². The van der Waals surface area contributed by atoms with Gasteiger partial charge in [-0.2, -0.15) is 0 Å². The Morgan fingerprint density at radius 2 is 2.11 bits per heavy atom. The minimum absolute atomic E-state index is 0.631. The van der Waals surface area contributed by atoms with Crippen molar-refractivity contribution in [3.63, 3.8) is 0 Å². The number of benzene rings is 1. The van der Waals surface area contributed by atoms with Crippen molar-refractivity contribution in [1.29, 1.82) is 0 Å². The van der Waals surface area contributed by atoms with Gasteiger partial charge in [-0.15, -0.1) is 0 Å². The molecule has 3 unspecified atom stereocenters. The molecule has 1 nitrogen and oxygen atoms in total. The highest BCUT2D eigenvalue weighted by molar-refractivity contribution is 9.10. The van der Waals surface area contributed by atoms with Gasteiger partial charge in [0.05, 0.1) is 0 Å². The molecule has 100 valence electrons. The number of hydrogen-bond acceptors (Lipinski definition) is 1. The van der Waals surface area contributed by atoms with Gasteiger partial charge in [-0.05, 0) is 42.9 Å². The first-order chi connectivity index (χ1) is 8.72. The molecule has 18 heavy (non-hydrogen) atoms. The Bertz CT molecular complexity index is 377. The third-order valence-corrected chi connectivity index (χ3v) is 5.08. The van der Waals surface area contributed by atoms with E-state index in [0.29, 0.717) is 6.04 Å². The van der Waals surface area contributed by atoms with Gasteiger partial charge in [0.2, 0.25) is 0 Å². The van der Waals surface area contributed by atoms with Crippen LogP contribution in [0, 0.1) is 11.8 Å². The first-order valence-electron chi connectivity index (χ1n) is 7.19. The van der Waals surface area contributed by atoms with E-state index >= 15 is 0 Å². The van der Waals surface area contributed by atoms with Gasteiger partial charge in [-0.3, -0.25) is 0 Å². The molecule has 1 saturated carbocycles. The number of hydrogen-bond donors (Lipinski definition) is 1. The van der Waals surface area contributed by atoms with E-state index in [9.17, 15) is 0 Å². The molecule has 0 saturated heterocycles. The summed E-state index contributed by atoms with van der Waals surface area (Å²) in [5.41, 5.74) is 1.43. The van der Waals surface area contributed by atoms with E-state index in [1.165, 1.54) is 29.3 Å². The van der Waals surface area contributed by atoms with Gasteiger partial charge in [0.15, 0.2) is 0 Å². The Labute approximate surface area is 119 Å². The topological polar surface area (TPSA) is 12.0 Å². The lowest BCUT2D eigenvalue weighted by atomic mass is 9.86. The minimum Gasteiger partial charge on any atom is -0.314 e. The van der Waals surface area contributed by atoms with Crippen molar-refractivity contribution >= 4 is 15.9 Å². The summed E-state index contributed by atoms with van der Waals surface area (Å²) in [4.78, 5) is 0. The summed E-state index contributed by atoms with van der Waals surface area (Å²) in [6, 6.07) is 9.26. The Kier molecular flexibility index (Phi) is 5.25. The van der Waals surface area contributed by atoms with E-state index in [1.54, 1.807) is 0 Å². The van der Waals surface area contributed by atoms with Crippen LogP contribution < -0.4 is 5.32 Å². The highest BCUT2D eigenvalue weighted by Crippen LogP contribution is 2.35. The zero-order valence-corrected chi connectivity index (χ0v) is 13.0. The molecule has 1 aromatic carbocycles. The Balaban J connectivity index is 2.08. The van der Waals surface area contributed by atoms with Crippen LogP contribution in [0.2, 0.25) is 0 Å². The van der Waals surface area contributed by atoms with Crippen molar-refractivity contribution < 1.29 is 0 Å².